The van der Waals surface area contributed by atoms with Crippen molar-refractivity contribution in [2.45, 2.75) is 26.8 Å². The van der Waals surface area contributed by atoms with Crippen molar-refractivity contribution in [1.29, 1.82) is 0 Å². The average Bonchev–Trinajstić information content (AvgIpc) is 2.29. The number of pyridine rings is 1. The molecule has 0 spiro atoms. The van der Waals surface area contributed by atoms with Gasteiger partial charge in [-0.15, -0.1) is 0 Å². The van der Waals surface area contributed by atoms with Crippen LogP contribution in [0.5, 0.6) is 0 Å². The molecule has 0 aliphatic rings. The maximum atomic E-state index is 8.14. The van der Waals surface area contributed by atoms with E-state index in [1.54, 1.807) is 6.20 Å². The first kappa shape index (κ1) is 14.9. The third-order valence-corrected chi connectivity index (χ3v) is 1.93. The van der Waals surface area contributed by atoms with Gasteiger partial charge in [0.05, 0.1) is 0 Å². The molecule has 1 unspecified atom stereocenters. The van der Waals surface area contributed by atoms with E-state index in [2.05, 4.69) is 10.3 Å². The number of nitrogens with zero attached hydrogens (tertiary/aromatic N) is 1. The Morgan fingerprint density at radius 2 is 2.00 bits per heavy atom. The van der Waals surface area contributed by atoms with Crippen molar-refractivity contribution >= 4 is 5.82 Å². The molecule has 0 saturated heterocycles. The zero-order valence-electron chi connectivity index (χ0n) is 10.6. The highest BCUT2D eigenvalue weighted by atomic mass is 16.3. The summed E-state index contributed by atoms with van der Waals surface area (Å²) in [4.78, 5) is 4.07. The molecule has 1 aromatic heterocycles. The molecule has 1 rings (SSSR count). The summed E-state index contributed by atoms with van der Waals surface area (Å²) >= 11 is 0. The van der Waals surface area contributed by atoms with Crippen molar-refractivity contribution in [3.8, 4) is 0 Å². The number of rotatable bonds is 3. The summed E-state index contributed by atoms with van der Waals surface area (Å²) in [6, 6.07) is 3.95. The summed E-state index contributed by atoms with van der Waals surface area (Å²) < 4.78 is 0. The second-order valence-corrected chi connectivity index (χ2v) is 4.09. The van der Waals surface area contributed by atoms with E-state index in [9.17, 15) is 0 Å². The van der Waals surface area contributed by atoms with E-state index in [1.165, 1.54) is 0 Å². The maximum Gasteiger partial charge on any atom is 0.125 e. The van der Waals surface area contributed by atoms with E-state index in [1.807, 2.05) is 40.0 Å². The SMILES string of the molecule is CC(C)CO.CNc1cc(C(C)N)ccn1. The first-order valence-corrected chi connectivity index (χ1v) is 5.51. The van der Waals surface area contributed by atoms with Gasteiger partial charge in [-0.3, -0.25) is 0 Å². The Labute approximate surface area is 97.9 Å². The minimum Gasteiger partial charge on any atom is -0.396 e. The van der Waals surface area contributed by atoms with Crippen molar-refractivity contribution in [2.75, 3.05) is 19.0 Å². The maximum absolute atomic E-state index is 8.14. The lowest BCUT2D eigenvalue weighted by Gasteiger charge is -2.06. The molecule has 0 bridgehead atoms. The minimum absolute atomic E-state index is 0.0742. The molecule has 1 aromatic rings. The van der Waals surface area contributed by atoms with E-state index in [-0.39, 0.29) is 6.04 Å². The highest BCUT2D eigenvalue weighted by molar-refractivity contribution is 5.37. The normalized spacial score (nSPS) is 11.7. The molecule has 4 nitrogen and oxygen atoms in total. The Hall–Kier alpha value is -1.13. The van der Waals surface area contributed by atoms with Crippen LogP contribution in [0, 0.1) is 5.92 Å². The molecule has 0 radical (unpaired) electrons. The lowest BCUT2D eigenvalue weighted by molar-refractivity contribution is 0.248. The van der Waals surface area contributed by atoms with E-state index >= 15 is 0 Å². The first-order chi connectivity index (χ1) is 7.51. The first-order valence-electron chi connectivity index (χ1n) is 5.51. The van der Waals surface area contributed by atoms with Crippen LogP contribution in [0.15, 0.2) is 18.3 Å². The number of anilines is 1. The molecule has 0 fully saturated rings. The monoisotopic (exact) mass is 225 g/mol. The van der Waals surface area contributed by atoms with Gasteiger partial charge >= 0.3 is 0 Å². The van der Waals surface area contributed by atoms with Crippen molar-refractivity contribution in [1.82, 2.24) is 4.98 Å². The molecule has 0 aliphatic carbocycles. The van der Waals surface area contributed by atoms with Crippen LogP contribution in [0.1, 0.15) is 32.4 Å². The molecule has 1 atom stereocenters. The Morgan fingerprint density at radius 3 is 2.38 bits per heavy atom. The number of aliphatic hydroxyl groups is 1. The molecular formula is C12H23N3O. The van der Waals surface area contributed by atoms with Crippen LogP contribution < -0.4 is 11.1 Å². The summed E-state index contributed by atoms with van der Waals surface area (Å²) in [7, 11) is 1.84. The third-order valence-electron chi connectivity index (χ3n) is 1.93. The molecule has 0 saturated carbocycles. The summed E-state index contributed by atoms with van der Waals surface area (Å²) in [5, 5.41) is 11.1. The lowest BCUT2D eigenvalue weighted by Crippen LogP contribution is -2.05. The zero-order chi connectivity index (χ0) is 12.6. The van der Waals surface area contributed by atoms with Crippen LogP contribution in [0.25, 0.3) is 0 Å². The predicted molar refractivity (Wildman–Crippen MR) is 68.3 cm³/mol. The Morgan fingerprint density at radius 1 is 1.44 bits per heavy atom. The van der Waals surface area contributed by atoms with Gasteiger partial charge in [-0.05, 0) is 30.5 Å². The number of aromatic nitrogens is 1. The van der Waals surface area contributed by atoms with Crippen LogP contribution in [0.2, 0.25) is 0 Å². The Bertz CT molecular complexity index is 287. The van der Waals surface area contributed by atoms with Crippen molar-refractivity contribution in [2.24, 2.45) is 11.7 Å². The number of hydrogen-bond donors (Lipinski definition) is 3. The van der Waals surface area contributed by atoms with Crippen molar-refractivity contribution in [3.63, 3.8) is 0 Å². The zero-order valence-corrected chi connectivity index (χ0v) is 10.6. The predicted octanol–water partition coefficient (Wildman–Crippen LogP) is 1.78. The van der Waals surface area contributed by atoms with E-state index in [0.29, 0.717) is 12.5 Å². The van der Waals surface area contributed by atoms with Gasteiger partial charge in [0.25, 0.3) is 0 Å². The number of aliphatic hydroxyl groups excluding tert-OH is 1. The van der Waals surface area contributed by atoms with Crippen molar-refractivity contribution < 1.29 is 5.11 Å². The second-order valence-electron chi connectivity index (χ2n) is 4.09. The fourth-order valence-corrected chi connectivity index (χ4v) is 0.867. The van der Waals surface area contributed by atoms with Crippen LogP contribution in [-0.2, 0) is 0 Å². The summed E-state index contributed by atoms with van der Waals surface area (Å²) in [5.41, 5.74) is 6.78. The van der Waals surface area contributed by atoms with Gasteiger partial charge in [0.2, 0.25) is 0 Å². The van der Waals surface area contributed by atoms with Gasteiger partial charge in [-0.25, -0.2) is 4.98 Å². The topological polar surface area (TPSA) is 71.2 Å². The van der Waals surface area contributed by atoms with Gasteiger partial charge < -0.3 is 16.2 Å². The molecule has 0 aliphatic heterocycles. The highest BCUT2D eigenvalue weighted by Gasteiger charge is 1.98. The van der Waals surface area contributed by atoms with Crippen LogP contribution in [0.4, 0.5) is 5.82 Å². The third kappa shape index (κ3) is 6.37. The second kappa shape index (κ2) is 8.07. The molecule has 92 valence electrons. The largest absolute Gasteiger partial charge is 0.396 e. The Kier molecular flexibility index (Phi) is 7.50. The smallest absolute Gasteiger partial charge is 0.125 e. The fourth-order valence-electron chi connectivity index (χ4n) is 0.867. The average molecular weight is 225 g/mol. The number of nitrogens with one attached hydrogen (secondary N) is 1. The van der Waals surface area contributed by atoms with Gasteiger partial charge in [-0.2, -0.15) is 0 Å². The van der Waals surface area contributed by atoms with Gasteiger partial charge in [0, 0.05) is 25.9 Å². The standard InChI is InChI=1S/C8H13N3.C4H10O/c1-6(9)7-3-4-11-8(5-7)10-2;1-4(2)3-5/h3-6H,9H2,1-2H3,(H,10,11);4-5H,3H2,1-2H3. The molecule has 4 N–H and O–H groups in total. The van der Waals surface area contributed by atoms with Crippen LogP contribution in [0.3, 0.4) is 0 Å². The lowest BCUT2D eigenvalue weighted by atomic mass is 10.1. The van der Waals surface area contributed by atoms with Gasteiger partial charge in [-0.1, -0.05) is 13.8 Å². The molecular weight excluding hydrogens is 202 g/mol. The van der Waals surface area contributed by atoms with E-state index in [0.717, 1.165) is 11.4 Å². The van der Waals surface area contributed by atoms with Gasteiger partial charge in [0.15, 0.2) is 0 Å². The summed E-state index contributed by atoms with van der Waals surface area (Å²) in [6.45, 7) is 6.20. The molecule has 4 heteroatoms. The fraction of sp³-hybridized carbons (Fsp3) is 0.583. The Balaban J connectivity index is 0.000000385. The number of hydrogen-bond acceptors (Lipinski definition) is 4. The molecule has 16 heavy (non-hydrogen) atoms. The van der Waals surface area contributed by atoms with Crippen LogP contribution >= 0.6 is 0 Å². The molecule has 0 aromatic carbocycles. The summed E-state index contributed by atoms with van der Waals surface area (Å²) in [6.07, 6.45) is 1.75. The van der Waals surface area contributed by atoms with Crippen molar-refractivity contribution in [3.05, 3.63) is 23.9 Å². The van der Waals surface area contributed by atoms with E-state index in [4.69, 9.17) is 10.8 Å². The molecule has 1 heterocycles. The molecule has 0 amide bonds. The van der Waals surface area contributed by atoms with E-state index < -0.39 is 0 Å². The number of nitrogens with two attached hydrogens (primary N) is 1. The summed E-state index contributed by atoms with van der Waals surface area (Å²) in [5.74, 6) is 1.30. The van der Waals surface area contributed by atoms with Crippen LogP contribution in [-0.4, -0.2) is 23.7 Å². The van der Waals surface area contributed by atoms with Gasteiger partial charge in [0.1, 0.15) is 5.82 Å². The quantitative estimate of drug-likeness (QED) is 0.733. The minimum atomic E-state index is 0.0742. The highest BCUT2D eigenvalue weighted by Crippen LogP contribution is 2.11.